The van der Waals surface area contributed by atoms with Gasteiger partial charge in [0.1, 0.15) is 5.82 Å². The second kappa shape index (κ2) is 9.12. The lowest BCUT2D eigenvalue weighted by Gasteiger charge is -2.20. The van der Waals surface area contributed by atoms with E-state index in [9.17, 15) is 12.8 Å². The smallest absolute Gasteiger partial charge is 0.241 e. The zero-order chi connectivity index (χ0) is 23.8. The number of benzene rings is 3. The van der Waals surface area contributed by atoms with E-state index in [0.717, 1.165) is 38.7 Å². The first-order valence-corrected chi connectivity index (χ1v) is 12.6. The van der Waals surface area contributed by atoms with Gasteiger partial charge in [-0.25, -0.2) is 17.5 Å². The van der Waals surface area contributed by atoms with Crippen molar-refractivity contribution >= 4 is 20.9 Å². The number of nitrogens with one attached hydrogen (secondary N) is 1. The molecule has 0 bridgehead atoms. The topological polar surface area (TPSA) is 51.1 Å². The molecule has 0 radical (unpaired) electrons. The van der Waals surface area contributed by atoms with Gasteiger partial charge in [0.05, 0.1) is 4.90 Å². The maximum atomic E-state index is 13.4. The van der Waals surface area contributed by atoms with Gasteiger partial charge in [-0.05, 0) is 62.1 Å². The average Bonchev–Trinajstić information content (AvgIpc) is 3.11. The quantitative estimate of drug-likeness (QED) is 0.358. The number of para-hydroxylation sites is 1. The lowest BCUT2D eigenvalue weighted by Crippen LogP contribution is -2.38. The second-order valence-corrected chi connectivity index (χ2v) is 10.3. The molecule has 0 spiro atoms. The van der Waals surface area contributed by atoms with Crippen molar-refractivity contribution in [1.29, 1.82) is 0 Å². The van der Waals surface area contributed by atoms with Gasteiger partial charge < -0.3 is 4.57 Å². The number of fused-ring (bicyclic) bond motifs is 1. The zero-order valence-corrected chi connectivity index (χ0v) is 20.2. The summed E-state index contributed by atoms with van der Waals surface area (Å²) in [6.45, 7) is 8.11. The molecule has 0 aliphatic carbocycles. The summed E-state index contributed by atoms with van der Waals surface area (Å²) in [5.74, 6) is -0.273. The van der Waals surface area contributed by atoms with Gasteiger partial charge in [0.15, 0.2) is 0 Å². The van der Waals surface area contributed by atoms with Gasteiger partial charge in [-0.1, -0.05) is 55.0 Å². The summed E-state index contributed by atoms with van der Waals surface area (Å²) in [5, 5.41) is 1.05. The first-order chi connectivity index (χ1) is 15.7. The van der Waals surface area contributed by atoms with E-state index in [4.69, 9.17) is 0 Å². The summed E-state index contributed by atoms with van der Waals surface area (Å²) in [7, 11) is -3.68. The van der Waals surface area contributed by atoms with Crippen LogP contribution in [0.2, 0.25) is 0 Å². The number of aryl methyl sites for hydroxylation is 3. The molecule has 1 aromatic heterocycles. The third-order valence-corrected chi connectivity index (χ3v) is 7.87. The van der Waals surface area contributed by atoms with E-state index in [1.165, 1.54) is 12.1 Å². The fourth-order valence-electron chi connectivity index (χ4n) is 4.61. The Bertz CT molecular complexity index is 1380. The van der Waals surface area contributed by atoms with E-state index in [1.54, 1.807) is 12.1 Å². The van der Waals surface area contributed by atoms with Crippen LogP contribution in [-0.4, -0.2) is 19.0 Å². The molecule has 0 amide bonds. The lowest BCUT2D eigenvalue weighted by atomic mass is 10.1. The van der Waals surface area contributed by atoms with Crippen molar-refractivity contribution in [2.75, 3.05) is 0 Å². The normalized spacial score (nSPS) is 12.9. The first-order valence-electron chi connectivity index (χ1n) is 11.1. The summed E-state index contributed by atoms with van der Waals surface area (Å²) in [5.41, 5.74) is 5.47. The van der Waals surface area contributed by atoms with Crippen LogP contribution in [0.1, 0.15) is 30.0 Å². The van der Waals surface area contributed by atoms with Crippen LogP contribution in [0.25, 0.3) is 22.0 Å². The number of nitrogens with zero attached hydrogens (tertiary/aromatic N) is 1. The maximum absolute atomic E-state index is 13.4. The van der Waals surface area contributed by atoms with E-state index in [-0.39, 0.29) is 11.9 Å². The predicted molar refractivity (Wildman–Crippen MR) is 132 cm³/mol. The van der Waals surface area contributed by atoms with E-state index >= 15 is 0 Å². The summed E-state index contributed by atoms with van der Waals surface area (Å²) in [6, 6.07) is 18.0. The third kappa shape index (κ3) is 4.72. The maximum Gasteiger partial charge on any atom is 0.241 e. The van der Waals surface area contributed by atoms with Gasteiger partial charge in [-0.15, -0.1) is 0 Å². The van der Waals surface area contributed by atoms with Crippen molar-refractivity contribution in [3.8, 4) is 11.1 Å². The molecule has 3 aromatic carbocycles. The van der Waals surface area contributed by atoms with Gasteiger partial charge in [-0.3, -0.25) is 0 Å². The molecule has 1 N–H and O–H groups in total. The molecule has 0 saturated heterocycles. The molecule has 0 saturated carbocycles. The first kappa shape index (κ1) is 23.2. The molecule has 1 atom stereocenters. The van der Waals surface area contributed by atoms with Crippen LogP contribution < -0.4 is 4.72 Å². The number of rotatable bonds is 7. The highest BCUT2D eigenvalue weighted by molar-refractivity contribution is 7.89. The van der Waals surface area contributed by atoms with E-state index in [2.05, 4.69) is 9.29 Å². The Kier molecular flexibility index (Phi) is 6.41. The molecule has 0 aliphatic rings. The van der Waals surface area contributed by atoms with Gasteiger partial charge in [-0.2, -0.15) is 0 Å². The molecule has 33 heavy (non-hydrogen) atoms. The highest BCUT2D eigenvalue weighted by Gasteiger charge is 2.24. The number of halogens is 1. The number of aromatic nitrogens is 1. The SMILES string of the molecule is CCC(Cn1cc(-c2ccc(F)cc2)c2ccccc21)NS(=O)(=O)c1c(C)cc(C)cc1C. The molecule has 6 heteroatoms. The fourth-order valence-corrected chi connectivity index (χ4v) is 6.38. The summed E-state index contributed by atoms with van der Waals surface area (Å²) in [4.78, 5) is 0.357. The Morgan fingerprint density at radius 1 is 0.970 bits per heavy atom. The van der Waals surface area contributed by atoms with Crippen LogP contribution in [0, 0.1) is 26.6 Å². The minimum absolute atomic E-state index is 0.273. The van der Waals surface area contributed by atoms with Crippen LogP contribution in [0.5, 0.6) is 0 Å². The van der Waals surface area contributed by atoms with Gasteiger partial charge in [0.25, 0.3) is 0 Å². The van der Waals surface area contributed by atoms with Gasteiger partial charge >= 0.3 is 0 Å². The summed E-state index contributed by atoms with van der Waals surface area (Å²) in [6.07, 6.45) is 2.67. The van der Waals surface area contributed by atoms with Crippen molar-refractivity contribution < 1.29 is 12.8 Å². The molecule has 0 fully saturated rings. The Labute approximate surface area is 195 Å². The van der Waals surface area contributed by atoms with Crippen molar-refractivity contribution in [2.24, 2.45) is 0 Å². The molecule has 4 rings (SSSR count). The number of sulfonamides is 1. The van der Waals surface area contributed by atoms with Gasteiger partial charge in [0.2, 0.25) is 10.0 Å². The molecule has 0 aliphatic heterocycles. The van der Waals surface area contributed by atoms with Crippen molar-refractivity contribution in [3.05, 3.63) is 89.4 Å². The average molecular weight is 465 g/mol. The highest BCUT2D eigenvalue weighted by atomic mass is 32.2. The standard InChI is InChI=1S/C27H29FN2O2S/c1-5-23(29-33(31,32)27-19(3)14-18(2)15-20(27)4)16-30-17-25(21-10-12-22(28)13-11-21)24-8-6-7-9-26(24)30/h6-15,17,23,29H,5,16H2,1-4H3. The summed E-state index contributed by atoms with van der Waals surface area (Å²) < 4.78 is 45.1. The molecule has 1 unspecified atom stereocenters. The highest BCUT2D eigenvalue weighted by Crippen LogP contribution is 2.31. The van der Waals surface area contributed by atoms with Crippen LogP contribution in [0.15, 0.2) is 71.8 Å². The second-order valence-electron chi connectivity index (χ2n) is 8.67. The minimum atomic E-state index is -3.68. The van der Waals surface area contributed by atoms with Crippen LogP contribution in [0.3, 0.4) is 0 Å². The van der Waals surface area contributed by atoms with Crippen LogP contribution in [-0.2, 0) is 16.6 Å². The van der Waals surface area contributed by atoms with E-state index in [0.29, 0.717) is 17.9 Å². The molecule has 4 nitrogen and oxygen atoms in total. The van der Waals surface area contributed by atoms with Crippen LogP contribution in [0.4, 0.5) is 4.39 Å². The minimum Gasteiger partial charge on any atom is -0.345 e. The monoisotopic (exact) mass is 464 g/mol. The van der Waals surface area contributed by atoms with E-state index in [1.807, 2.05) is 70.3 Å². The predicted octanol–water partition coefficient (Wildman–Crippen LogP) is 6.13. The summed E-state index contributed by atoms with van der Waals surface area (Å²) >= 11 is 0. The Balaban J connectivity index is 1.68. The van der Waals surface area contributed by atoms with Crippen LogP contribution >= 0.6 is 0 Å². The Morgan fingerprint density at radius 3 is 2.24 bits per heavy atom. The molecule has 172 valence electrons. The zero-order valence-electron chi connectivity index (χ0n) is 19.4. The third-order valence-electron chi connectivity index (χ3n) is 6.05. The Morgan fingerprint density at radius 2 is 1.61 bits per heavy atom. The van der Waals surface area contributed by atoms with Crippen molar-refractivity contribution in [3.63, 3.8) is 0 Å². The largest absolute Gasteiger partial charge is 0.345 e. The Hall–Kier alpha value is -2.96. The van der Waals surface area contributed by atoms with Crippen molar-refractivity contribution in [1.82, 2.24) is 9.29 Å². The number of hydrogen-bond acceptors (Lipinski definition) is 2. The molecule has 4 aromatic rings. The van der Waals surface area contributed by atoms with Gasteiger partial charge in [0, 0.05) is 35.2 Å². The van der Waals surface area contributed by atoms with E-state index < -0.39 is 10.0 Å². The lowest BCUT2D eigenvalue weighted by molar-refractivity contribution is 0.491. The van der Waals surface area contributed by atoms with Crippen molar-refractivity contribution in [2.45, 2.75) is 51.6 Å². The molecular weight excluding hydrogens is 435 g/mol. The molecular formula is C27H29FN2O2S. The number of hydrogen-bond donors (Lipinski definition) is 1. The fraction of sp³-hybridized carbons (Fsp3) is 0.259. The molecule has 1 heterocycles.